The summed E-state index contributed by atoms with van der Waals surface area (Å²) < 4.78 is 2.39. The summed E-state index contributed by atoms with van der Waals surface area (Å²) in [7, 11) is 0. The molecule has 0 fully saturated rings. The van der Waals surface area contributed by atoms with Gasteiger partial charge in [-0.15, -0.1) is 0 Å². The fourth-order valence-electron chi connectivity index (χ4n) is 7.75. The first-order chi connectivity index (χ1) is 22.7. The summed E-state index contributed by atoms with van der Waals surface area (Å²) in [5.74, 6) is 0. The van der Waals surface area contributed by atoms with Crippen LogP contribution in [0.25, 0.3) is 60.9 Å². The van der Waals surface area contributed by atoms with E-state index in [0.29, 0.717) is 0 Å². The second kappa shape index (κ2) is 10.8. The minimum absolute atomic E-state index is 0.870. The molecule has 0 N–H and O–H groups in total. The summed E-state index contributed by atoms with van der Waals surface area (Å²) in [6, 6.07) is 57.9. The number of hydrogen-bond donors (Lipinski definition) is 0. The molecule has 0 atom stereocenters. The highest BCUT2D eigenvalue weighted by atomic mass is 15.0. The van der Waals surface area contributed by atoms with E-state index in [-0.39, 0.29) is 0 Å². The third-order valence-corrected chi connectivity index (χ3v) is 9.93. The summed E-state index contributed by atoms with van der Waals surface area (Å²) >= 11 is 0. The first-order valence-electron chi connectivity index (χ1n) is 16.2. The molecule has 0 bridgehead atoms. The van der Waals surface area contributed by atoms with Crippen LogP contribution in [-0.4, -0.2) is 4.57 Å². The van der Waals surface area contributed by atoms with Crippen molar-refractivity contribution in [1.29, 1.82) is 0 Å². The highest BCUT2D eigenvalue weighted by Crippen LogP contribution is 2.47. The summed E-state index contributed by atoms with van der Waals surface area (Å²) in [6.45, 7) is 2.34. The maximum absolute atomic E-state index is 2.45. The van der Waals surface area contributed by atoms with Gasteiger partial charge in [-0.25, -0.2) is 0 Å². The number of rotatable bonds is 5. The van der Waals surface area contributed by atoms with Crippen molar-refractivity contribution in [3.63, 3.8) is 0 Å². The molecule has 46 heavy (non-hydrogen) atoms. The molecule has 0 saturated heterocycles. The van der Waals surface area contributed by atoms with Gasteiger partial charge in [0.15, 0.2) is 0 Å². The first-order valence-corrected chi connectivity index (χ1v) is 16.2. The lowest BCUT2D eigenvalue weighted by molar-refractivity contribution is 1.15. The highest BCUT2D eigenvalue weighted by molar-refractivity contribution is 6.09. The van der Waals surface area contributed by atoms with Crippen LogP contribution in [0.5, 0.6) is 0 Å². The smallest absolute Gasteiger partial charge is 0.0541 e. The second-order valence-electron chi connectivity index (χ2n) is 12.5. The number of aromatic nitrogens is 1. The standard InChI is InChI=1S/C45H33N/c1-30-40-28-34-16-5-7-17-36(34)42(40)29-41(32-13-3-2-4-14-32)45(30)37-18-8-6-15-33(37)27-31-23-25-35(26-24-31)46-43-21-11-9-19-38(43)39-20-10-12-22-44(39)46/h2-26,29H,27-28H2,1H3. The molecule has 0 amide bonds. The van der Waals surface area contributed by atoms with Crippen LogP contribution < -0.4 is 0 Å². The monoisotopic (exact) mass is 587 g/mol. The van der Waals surface area contributed by atoms with E-state index in [1.807, 2.05) is 0 Å². The Morgan fingerprint density at radius 3 is 1.87 bits per heavy atom. The molecule has 0 aliphatic heterocycles. The van der Waals surface area contributed by atoms with Gasteiger partial charge >= 0.3 is 0 Å². The van der Waals surface area contributed by atoms with Crippen LogP contribution in [0.3, 0.4) is 0 Å². The van der Waals surface area contributed by atoms with Crippen LogP contribution in [0.2, 0.25) is 0 Å². The molecular formula is C45H33N. The molecule has 1 aromatic heterocycles. The summed E-state index contributed by atoms with van der Waals surface area (Å²) in [6.07, 6.45) is 1.86. The SMILES string of the molecule is Cc1c2c(cc(-c3ccccc3)c1-c1ccccc1Cc1ccc(-n3c4ccccc4c4ccccc43)cc1)-c1ccccc1C2. The number of hydrogen-bond acceptors (Lipinski definition) is 0. The van der Waals surface area contributed by atoms with Crippen LogP contribution in [0.1, 0.15) is 27.8 Å². The Balaban J connectivity index is 1.14. The van der Waals surface area contributed by atoms with Crippen molar-refractivity contribution in [2.24, 2.45) is 0 Å². The Morgan fingerprint density at radius 1 is 0.522 bits per heavy atom. The van der Waals surface area contributed by atoms with Gasteiger partial charge in [0.25, 0.3) is 0 Å². The zero-order valence-corrected chi connectivity index (χ0v) is 25.9. The van der Waals surface area contributed by atoms with E-state index in [9.17, 15) is 0 Å². The van der Waals surface area contributed by atoms with Crippen molar-refractivity contribution in [3.05, 3.63) is 186 Å². The van der Waals surface area contributed by atoms with Crippen molar-refractivity contribution in [1.82, 2.24) is 4.57 Å². The van der Waals surface area contributed by atoms with Gasteiger partial charge in [-0.1, -0.05) is 127 Å². The quantitative estimate of drug-likeness (QED) is 0.189. The highest BCUT2D eigenvalue weighted by Gasteiger charge is 2.25. The molecule has 8 aromatic rings. The van der Waals surface area contributed by atoms with Crippen molar-refractivity contribution in [3.8, 4) is 39.1 Å². The minimum Gasteiger partial charge on any atom is -0.309 e. The Kier molecular flexibility index (Phi) is 6.24. The van der Waals surface area contributed by atoms with Crippen LogP contribution in [0, 0.1) is 6.92 Å². The van der Waals surface area contributed by atoms with Crippen LogP contribution in [-0.2, 0) is 12.8 Å². The van der Waals surface area contributed by atoms with E-state index in [1.165, 1.54) is 88.7 Å². The second-order valence-corrected chi connectivity index (χ2v) is 12.5. The van der Waals surface area contributed by atoms with Gasteiger partial charge < -0.3 is 4.57 Å². The number of para-hydroxylation sites is 2. The summed E-state index contributed by atoms with van der Waals surface area (Å²) in [4.78, 5) is 0. The van der Waals surface area contributed by atoms with Gasteiger partial charge in [0, 0.05) is 16.5 Å². The Hall–Kier alpha value is -5.66. The Bertz CT molecular complexity index is 2350. The fraction of sp³-hybridized carbons (Fsp3) is 0.0667. The maximum atomic E-state index is 2.45. The van der Waals surface area contributed by atoms with E-state index in [1.54, 1.807) is 0 Å². The first kappa shape index (κ1) is 26.7. The molecule has 1 nitrogen and oxygen atoms in total. The molecule has 1 aliphatic carbocycles. The predicted octanol–water partition coefficient (Wildman–Crippen LogP) is 11.6. The summed E-state index contributed by atoms with van der Waals surface area (Å²) in [5.41, 5.74) is 18.6. The van der Waals surface area contributed by atoms with Gasteiger partial charge in [-0.3, -0.25) is 0 Å². The van der Waals surface area contributed by atoms with E-state index in [4.69, 9.17) is 0 Å². The zero-order chi connectivity index (χ0) is 30.6. The molecule has 1 heteroatoms. The number of benzene rings is 7. The predicted molar refractivity (Wildman–Crippen MR) is 194 cm³/mol. The van der Waals surface area contributed by atoms with E-state index >= 15 is 0 Å². The lowest BCUT2D eigenvalue weighted by atomic mass is 9.83. The van der Waals surface area contributed by atoms with Crippen molar-refractivity contribution in [2.45, 2.75) is 19.8 Å². The third kappa shape index (κ3) is 4.24. The lowest BCUT2D eigenvalue weighted by Crippen LogP contribution is -2.00. The van der Waals surface area contributed by atoms with Crippen molar-refractivity contribution >= 4 is 21.8 Å². The molecule has 218 valence electrons. The normalized spacial score (nSPS) is 12.0. The zero-order valence-electron chi connectivity index (χ0n) is 25.9. The Morgan fingerprint density at radius 2 is 1.13 bits per heavy atom. The van der Waals surface area contributed by atoms with Crippen LogP contribution >= 0.6 is 0 Å². The third-order valence-electron chi connectivity index (χ3n) is 9.93. The Labute approximate surface area is 270 Å². The average Bonchev–Trinajstić information content (AvgIpc) is 3.66. The van der Waals surface area contributed by atoms with E-state index < -0.39 is 0 Å². The van der Waals surface area contributed by atoms with Gasteiger partial charge in [0.2, 0.25) is 0 Å². The van der Waals surface area contributed by atoms with Gasteiger partial charge in [0.1, 0.15) is 0 Å². The molecule has 7 aromatic carbocycles. The lowest BCUT2D eigenvalue weighted by Gasteiger charge is -2.20. The maximum Gasteiger partial charge on any atom is 0.0541 e. The number of fused-ring (bicyclic) bond motifs is 6. The van der Waals surface area contributed by atoms with Crippen molar-refractivity contribution in [2.75, 3.05) is 0 Å². The van der Waals surface area contributed by atoms with Crippen LogP contribution in [0.4, 0.5) is 0 Å². The molecular weight excluding hydrogens is 555 g/mol. The topological polar surface area (TPSA) is 4.93 Å². The van der Waals surface area contributed by atoms with Gasteiger partial charge in [-0.2, -0.15) is 0 Å². The van der Waals surface area contributed by atoms with Crippen molar-refractivity contribution < 1.29 is 0 Å². The fourth-order valence-corrected chi connectivity index (χ4v) is 7.75. The van der Waals surface area contributed by atoms with Gasteiger partial charge in [0.05, 0.1) is 11.0 Å². The van der Waals surface area contributed by atoms with E-state index in [0.717, 1.165) is 12.8 Å². The molecule has 0 unspecified atom stereocenters. The average molecular weight is 588 g/mol. The molecule has 1 aliphatic rings. The molecule has 0 saturated carbocycles. The van der Waals surface area contributed by atoms with E-state index in [2.05, 4.69) is 169 Å². The van der Waals surface area contributed by atoms with Crippen LogP contribution in [0.15, 0.2) is 158 Å². The molecule has 9 rings (SSSR count). The van der Waals surface area contributed by atoms with Gasteiger partial charge in [-0.05, 0) is 111 Å². The molecule has 1 heterocycles. The minimum atomic E-state index is 0.870. The molecule has 0 spiro atoms. The number of nitrogens with zero attached hydrogens (tertiary/aromatic N) is 1. The summed E-state index contributed by atoms with van der Waals surface area (Å²) in [5, 5.41) is 2.58. The largest absolute Gasteiger partial charge is 0.309 e. The molecule has 0 radical (unpaired) electrons.